The molecule has 2 rings (SSSR count). The van der Waals surface area contributed by atoms with Gasteiger partial charge in [0, 0.05) is 31.2 Å². The lowest BCUT2D eigenvalue weighted by Crippen LogP contribution is -2.55. The van der Waals surface area contributed by atoms with Gasteiger partial charge >= 0.3 is 0 Å². The molecular formula is C15H30N2O2. The van der Waals surface area contributed by atoms with Crippen LogP contribution < -0.4 is 5.32 Å². The number of fused-ring (bicyclic) bond motifs is 1. The van der Waals surface area contributed by atoms with E-state index in [9.17, 15) is 5.11 Å². The maximum Gasteiger partial charge on any atom is 0.0791 e. The summed E-state index contributed by atoms with van der Waals surface area (Å²) in [6.45, 7) is 9.61. The van der Waals surface area contributed by atoms with Crippen LogP contribution in [-0.4, -0.2) is 60.0 Å². The Balaban J connectivity index is 1.80. The lowest BCUT2D eigenvalue weighted by molar-refractivity contribution is -0.0971. The van der Waals surface area contributed by atoms with Gasteiger partial charge < -0.3 is 15.2 Å². The molecule has 3 atom stereocenters. The Kier molecular flexibility index (Phi) is 5.23. The summed E-state index contributed by atoms with van der Waals surface area (Å²) >= 11 is 0. The molecule has 2 aliphatic rings. The summed E-state index contributed by atoms with van der Waals surface area (Å²) in [7, 11) is 0. The van der Waals surface area contributed by atoms with Crippen LogP contribution in [0.5, 0.6) is 0 Å². The Morgan fingerprint density at radius 3 is 2.79 bits per heavy atom. The van der Waals surface area contributed by atoms with Crippen LogP contribution in [0.15, 0.2) is 0 Å². The molecule has 0 amide bonds. The zero-order valence-electron chi connectivity index (χ0n) is 12.7. The summed E-state index contributed by atoms with van der Waals surface area (Å²) < 4.78 is 5.87. The summed E-state index contributed by atoms with van der Waals surface area (Å²) in [6.07, 6.45) is 5.13. The molecular weight excluding hydrogens is 240 g/mol. The van der Waals surface area contributed by atoms with Crippen LogP contribution in [0, 0.1) is 0 Å². The summed E-state index contributed by atoms with van der Waals surface area (Å²) in [6, 6.07) is 0.534. The zero-order chi connectivity index (χ0) is 13.9. The largest absolute Gasteiger partial charge is 0.390 e. The highest BCUT2D eigenvalue weighted by Crippen LogP contribution is 2.28. The minimum Gasteiger partial charge on any atom is -0.390 e. The quantitative estimate of drug-likeness (QED) is 0.810. The van der Waals surface area contributed by atoms with Gasteiger partial charge in [0.1, 0.15) is 0 Å². The van der Waals surface area contributed by atoms with Crippen LogP contribution in [0.1, 0.15) is 46.5 Å². The minimum absolute atomic E-state index is 0.0688. The molecule has 112 valence electrons. The third-order valence-corrected chi connectivity index (χ3v) is 4.16. The van der Waals surface area contributed by atoms with Crippen molar-refractivity contribution >= 4 is 0 Å². The van der Waals surface area contributed by atoms with E-state index in [1.807, 2.05) is 0 Å². The Morgan fingerprint density at radius 1 is 1.32 bits per heavy atom. The number of ether oxygens (including phenoxy) is 1. The lowest BCUT2D eigenvalue weighted by atomic mass is 9.90. The first kappa shape index (κ1) is 15.2. The fraction of sp³-hybridized carbons (Fsp3) is 1.00. The molecule has 0 radical (unpaired) electrons. The van der Waals surface area contributed by atoms with Gasteiger partial charge in [0.15, 0.2) is 0 Å². The molecule has 0 bridgehead atoms. The van der Waals surface area contributed by atoms with Crippen LogP contribution in [0.3, 0.4) is 0 Å². The number of nitrogens with zero attached hydrogens (tertiary/aromatic N) is 1. The Labute approximate surface area is 117 Å². The van der Waals surface area contributed by atoms with E-state index in [-0.39, 0.29) is 11.6 Å². The SMILES string of the molecule is CC(C)(C)NCC(O)CN1CCOC2CCCCC21. The molecule has 1 heterocycles. The maximum atomic E-state index is 10.2. The Hall–Kier alpha value is -0.160. The second-order valence-electron chi connectivity index (χ2n) is 7.04. The van der Waals surface area contributed by atoms with E-state index in [0.29, 0.717) is 18.7 Å². The topological polar surface area (TPSA) is 44.7 Å². The molecule has 2 N–H and O–H groups in total. The van der Waals surface area contributed by atoms with Gasteiger partial charge in [-0.2, -0.15) is 0 Å². The van der Waals surface area contributed by atoms with Crippen molar-refractivity contribution in [2.75, 3.05) is 26.2 Å². The van der Waals surface area contributed by atoms with Crippen LogP contribution in [0.4, 0.5) is 0 Å². The van der Waals surface area contributed by atoms with Crippen molar-refractivity contribution in [1.29, 1.82) is 0 Å². The molecule has 1 aliphatic carbocycles. The van der Waals surface area contributed by atoms with Gasteiger partial charge in [0.05, 0.1) is 18.8 Å². The normalized spacial score (nSPS) is 30.9. The van der Waals surface area contributed by atoms with Crippen molar-refractivity contribution in [3.8, 4) is 0 Å². The number of hydrogen-bond acceptors (Lipinski definition) is 4. The molecule has 0 aromatic carbocycles. The first-order valence-electron chi connectivity index (χ1n) is 7.74. The van der Waals surface area contributed by atoms with Crippen LogP contribution in [0.2, 0.25) is 0 Å². The van der Waals surface area contributed by atoms with E-state index in [1.54, 1.807) is 0 Å². The van der Waals surface area contributed by atoms with Crippen molar-refractivity contribution in [1.82, 2.24) is 10.2 Å². The van der Waals surface area contributed by atoms with Gasteiger partial charge in [0.25, 0.3) is 0 Å². The number of morpholine rings is 1. The summed E-state index contributed by atoms with van der Waals surface area (Å²) in [4.78, 5) is 2.45. The van der Waals surface area contributed by atoms with Crippen LogP contribution in [-0.2, 0) is 4.74 Å². The maximum absolute atomic E-state index is 10.2. The van der Waals surface area contributed by atoms with Crippen LogP contribution in [0.25, 0.3) is 0 Å². The van der Waals surface area contributed by atoms with Crippen molar-refractivity contribution in [3.05, 3.63) is 0 Å². The number of nitrogens with one attached hydrogen (secondary N) is 1. The first-order valence-corrected chi connectivity index (χ1v) is 7.74. The molecule has 0 aromatic rings. The first-order chi connectivity index (χ1) is 8.96. The van der Waals surface area contributed by atoms with Gasteiger partial charge in [-0.1, -0.05) is 12.8 Å². The Morgan fingerprint density at radius 2 is 2.05 bits per heavy atom. The van der Waals surface area contributed by atoms with E-state index in [2.05, 4.69) is 31.0 Å². The summed E-state index contributed by atoms with van der Waals surface area (Å²) in [5, 5.41) is 13.6. The summed E-state index contributed by atoms with van der Waals surface area (Å²) in [5.74, 6) is 0. The lowest BCUT2D eigenvalue weighted by Gasteiger charge is -2.44. The smallest absolute Gasteiger partial charge is 0.0791 e. The number of aliphatic hydroxyl groups is 1. The molecule has 1 aliphatic heterocycles. The van der Waals surface area contributed by atoms with Gasteiger partial charge in [-0.25, -0.2) is 0 Å². The van der Waals surface area contributed by atoms with Gasteiger partial charge in [-0.05, 0) is 33.6 Å². The van der Waals surface area contributed by atoms with Crippen molar-refractivity contribution in [2.45, 2.75) is 70.2 Å². The monoisotopic (exact) mass is 270 g/mol. The number of hydrogen-bond donors (Lipinski definition) is 2. The molecule has 2 fully saturated rings. The predicted octanol–water partition coefficient (Wildman–Crippen LogP) is 1.38. The molecule has 19 heavy (non-hydrogen) atoms. The van der Waals surface area contributed by atoms with E-state index >= 15 is 0 Å². The summed E-state index contributed by atoms with van der Waals surface area (Å²) in [5.41, 5.74) is 0.0688. The minimum atomic E-state index is -0.292. The van der Waals surface area contributed by atoms with Crippen molar-refractivity contribution < 1.29 is 9.84 Å². The molecule has 1 saturated carbocycles. The van der Waals surface area contributed by atoms with E-state index in [1.165, 1.54) is 25.7 Å². The van der Waals surface area contributed by atoms with Gasteiger partial charge in [-0.3, -0.25) is 4.90 Å². The fourth-order valence-corrected chi connectivity index (χ4v) is 3.16. The highest BCUT2D eigenvalue weighted by Gasteiger charge is 2.34. The van der Waals surface area contributed by atoms with Crippen molar-refractivity contribution in [2.24, 2.45) is 0 Å². The molecule has 3 unspecified atom stereocenters. The molecule has 4 nitrogen and oxygen atoms in total. The standard InChI is InChI=1S/C15H30N2O2/c1-15(2,3)16-10-12(18)11-17-8-9-19-14-7-5-4-6-13(14)17/h12-14,16,18H,4-11H2,1-3H3. The molecule has 0 aromatic heterocycles. The number of β-amino-alcohol motifs (C(OH)–C–C–N with tert-alkyl or cyclic N) is 1. The second-order valence-corrected chi connectivity index (χ2v) is 7.04. The van der Waals surface area contributed by atoms with Crippen molar-refractivity contribution in [3.63, 3.8) is 0 Å². The molecule has 0 spiro atoms. The van der Waals surface area contributed by atoms with E-state index in [4.69, 9.17) is 4.74 Å². The third-order valence-electron chi connectivity index (χ3n) is 4.16. The Bertz CT molecular complexity index is 276. The highest BCUT2D eigenvalue weighted by atomic mass is 16.5. The zero-order valence-corrected chi connectivity index (χ0v) is 12.7. The predicted molar refractivity (Wildman–Crippen MR) is 77.3 cm³/mol. The highest BCUT2D eigenvalue weighted by molar-refractivity contribution is 4.88. The third kappa shape index (κ3) is 4.71. The molecule has 1 saturated heterocycles. The number of rotatable bonds is 4. The van der Waals surface area contributed by atoms with Crippen LogP contribution >= 0.6 is 0 Å². The molecule has 4 heteroatoms. The van der Waals surface area contributed by atoms with E-state index in [0.717, 1.165) is 19.7 Å². The van der Waals surface area contributed by atoms with E-state index < -0.39 is 0 Å². The number of aliphatic hydroxyl groups excluding tert-OH is 1. The van der Waals surface area contributed by atoms with Gasteiger partial charge in [-0.15, -0.1) is 0 Å². The average molecular weight is 270 g/mol. The van der Waals surface area contributed by atoms with Gasteiger partial charge in [0.2, 0.25) is 0 Å². The second kappa shape index (κ2) is 6.53. The fourth-order valence-electron chi connectivity index (χ4n) is 3.16. The average Bonchev–Trinajstić information content (AvgIpc) is 2.36.